The van der Waals surface area contributed by atoms with Gasteiger partial charge in [0.1, 0.15) is 23.1 Å². The van der Waals surface area contributed by atoms with Gasteiger partial charge >= 0.3 is 6.03 Å². The molecule has 0 bridgehead atoms. The minimum atomic E-state index is -0.467. The van der Waals surface area contributed by atoms with Crippen LogP contribution in [0.3, 0.4) is 0 Å². The number of ether oxygens (including phenoxy) is 2. The second-order valence-electron chi connectivity index (χ2n) is 9.12. The lowest BCUT2D eigenvalue weighted by Gasteiger charge is -2.29. The van der Waals surface area contributed by atoms with Crippen LogP contribution in [0.25, 0.3) is 11.0 Å². The van der Waals surface area contributed by atoms with Crippen LogP contribution < -0.4 is 14.4 Å². The number of hydrogen-bond donors (Lipinski definition) is 0. The van der Waals surface area contributed by atoms with Crippen molar-refractivity contribution < 1.29 is 14.3 Å². The number of rotatable bonds is 7. The van der Waals surface area contributed by atoms with Gasteiger partial charge in [-0.15, -0.1) is 5.10 Å². The van der Waals surface area contributed by atoms with Crippen molar-refractivity contribution in [1.29, 1.82) is 0 Å². The van der Waals surface area contributed by atoms with Gasteiger partial charge in [0.25, 0.3) is 0 Å². The van der Waals surface area contributed by atoms with Crippen LogP contribution in [0.15, 0.2) is 103 Å². The summed E-state index contributed by atoms with van der Waals surface area (Å²) in [5.41, 5.74) is 4.38. The SMILES string of the molecule is COc1ccc([C@H]2[C@H](n3nnc4ccccc43)N(Cc3ccccc3)C(=O)N2c2ccc(OC)cc2)cc1. The van der Waals surface area contributed by atoms with Crippen LogP contribution in [0, 0.1) is 0 Å². The molecule has 1 aromatic heterocycles. The van der Waals surface area contributed by atoms with Crippen LogP contribution in [0.5, 0.6) is 11.5 Å². The molecule has 8 nitrogen and oxygen atoms in total. The summed E-state index contributed by atoms with van der Waals surface area (Å²) in [5, 5.41) is 9.00. The number of urea groups is 1. The van der Waals surface area contributed by atoms with Crippen molar-refractivity contribution in [1.82, 2.24) is 19.9 Å². The highest BCUT2D eigenvalue weighted by Crippen LogP contribution is 2.46. The van der Waals surface area contributed by atoms with Crippen LogP contribution in [0.4, 0.5) is 10.5 Å². The Balaban J connectivity index is 1.55. The van der Waals surface area contributed by atoms with E-state index < -0.39 is 12.2 Å². The van der Waals surface area contributed by atoms with E-state index in [1.54, 1.807) is 14.2 Å². The van der Waals surface area contributed by atoms with Gasteiger partial charge < -0.3 is 9.47 Å². The van der Waals surface area contributed by atoms with Gasteiger partial charge in [-0.3, -0.25) is 9.80 Å². The van der Waals surface area contributed by atoms with E-state index in [1.165, 1.54) is 0 Å². The minimum Gasteiger partial charge on any atom is -0.497 e. The van der Waals surface area contributed by atoms with Crippen LogP contribution in [-0.2, 0) is 6.54 Å². The first-order valence-electron chi connectivity index (χ1n) is 12.4. The van der Waals surface area contributed by atoms with E-state index in [2.05, 4.69) is 10.3 Å². The third kappa shape index (κ3) is 4.10. The molecule has 4 aromatic carbocycles. The van der Waals surface area contributed by atoms with E-state index in [1.807, 2.05) is 118 Å². The molecule has 1 saturated heterocycles. The predicted molar refractivity (Wildman–Crippen MR) is 145 cm³/mol. The number of aromatic nitrogens is 3. The van der Waals surface area contributed by atoms with Crippen molar-refractivity contribution in [2.75, 3.05) is 19.1 Å². The fraction of sp³-hybridized carbons (Fsp3) is 0.167. The van der Waals surface area contributed by atoms with E-state index in [4.69, 9.17) is 9.47 Å². The van der Waals surface area contributed by atoms with Gasteiger partial charge in [0.2, 0.25) is 0 Å². The number of anilines is 1. The number of methoxy groups -OCH3 is 2. The number of carbonyl (C=O) groups is 1. The van der Waals surface area contributed by atoms with Crippen LogP contribution in [-0.4, -0.2) is 40.1 Å². The van der Waals surface area contributed by atoms with E-state index in [0.717, 1.165) is 39.3 Å². The summed E-state index contributed by atoms with van der Waals surface area (Å²) in [6.45, 7) is 0.415. The number of benzene rings is 4. The Morgan fingerprint density at radius 2 is 1.39 bits per heavy atom. The smallest absolute Gasteiger partial charge is 0.327 e. The molecule has 0 unspecified atom stereocenters. The van der Waals surface area contributed by atoms with E-state index in [-0.39, 0.29) is 6.03 Å². The molecule has 0 N–H and O–H groups in total. The summed E-state index contributed by atoms with van der Waals surface area (Å²) < 4.78 is 12.7. The zero-order chi connectivity index (χ0) is 26.1. The number of hydrogen-bond acceptors (Lipinski definition) is 5. The zero-order valence-electron chi connectivity index (χ0n) is 21.1. The van der Waals surface area contributed by atoms with Crippen LogP contribution >= 0.6 is 0 Å². The minimum absolute atomic E-state index is 0.121. The molecule has 8 heteroatoms. The highest BCUT2D eigenvalue weighted by Gasteiger charge is 2.49. The molecule has 2 atom stereocenters. The maximum atomic E-state index is 14.3. The summed E-state index contributed by atoms with van der Waals surface area (Å²) in [5.74, 6) is 1.47. The Morgan fingerprint density at radius 1 is 0.763 bits per heavy atom. The predicted octanol–water partition coefficient (Wildman–Crippen LogP) is 5.83. The zero-order valence-corrected chi connectivity index (χ0v) is 21.1. The van der Waals surface area contributed by atoms with Gasteiger partial charge in [-0.05, 0) is 59.7 Å². The standard InChI is InChI=1S/C30H27N5O3/c1-37-24-16-12-22(13-17-24)28-29(35-27-11-7-6-10-26(27)31-32-35)33(20-21-8-4-3-5-9-21)30(36)34(28)23-14-18-25(38-2)19-15-23/h3-19,28-29H,20H2,1-2H3/t28-,29-/m0/s1. The first-order chi connectivity index (χ1) is 18.7. The largest absolute Gasteiger partial charge is 0.497 e. The normalized spacial score (nSPS) is 17.3. The third-order valence-corrected chi connectivity index (χ3v) is 6.96. The Kier molecular flexibility index (Phi) is 6.13. The summed E-state index contributed by atoms with van der Waals surface area (Å²) in [6.07, 6.45) is -0.467. The lowest BCUT2D eigenvalue weighted by Crippen LogP contribution is -2.33. The molecule has 0 saturated carbocycles. The molecule has 1 aliphatic heterocycles. The fourth-order valence-corrected chi connectivity index (χ4v) is 5.10. The van der Waals surface area contributed by atoms with Gasteiger partial charge in [-0.25, -0.2) is 9.48 Å². The van der Waals surface area contributed by atoms with E-state index in [9.17, 15) is 4.79 Å². The van der Waals surface area contributed by atoms with Crippen LogP contribution in [0.2, 0.25) is 0 Å². The molecule has 38 heavy (non-hydrogen) atoms. The summed E-state index contributed by atoms with van der Waals surface area (Å²) in [6, 6.07) is 32.7. The first kappa shape index (κ1) is 23.5. The van der Waals surface area contributed by atoms with Gasteiger partial charge in [0, 0.05) is 12.2 Å². The van der Waals surface area contributed by atoms with Gasteiger partial charge in [-0.2, -0.15) is 0 Å². The lowest BCUT2D eigenvalue weighted by atomic mass is 10.0. The molecule has 0 spiro atoms. The second kappa shape index (κ2) is 9.89. The maximum absolute atomic E-state index is 14.3. The average Bonchev–Trinajstić information content (AvgIpc) is 3.52. The maximum Gasteiger partial charge on any atom is 0.327 e. The second-order valence-corrected chi connectivity index (χ2v) is 9.12. The van der Waals surface area contributed by atoms with Crippen molar-refractivity contribution in [3.05, 3.63) is 114 Å². The number of carbonyl (C=O) groups excluding carboxylic acids is 1. The average molecular weight is 506 g/mol. The molecular formula is C30H27N5O3. The van der Waals surface area contributed by atoms with Gasteiger partial charge in [-0.1, -0.05) is 59.8 Å². The molecule has 0 aliphatic carbocycles. The Morgan fingerprint density at radius 3 is 2.08 bits per heavy atom. The quantitative estimate of drug-likeness (QED) is 0.278. The number of amides is 2. The van der Waals surface area contributed by atoms with Crippen molar-refractivity contribution >= 4 is 22.8 Å². The Labute approximate surface area is 220 Å². The van der Waals surface area contributed by atoms with Crippen molar-refractivity contribution in [3.63, 3.8) is 0 Å². The fourth-order valence-electron chi connectivity index (χ4n) is 5.10. The van der Waals surface area contributed by atoms with E-state index >= 15 is 0 Å². The molecule has 5 aromatic rings. The van der Waals surface area contributed by atoms with Crippen molar-refractivity contribution in [3.8, 4) is 11.5 Å². The summed E-state index contributed by atoms with van der Waals surface area (Å²) in [4.78, 5) is 18.1. The molecule has 190 valence electrons. The molecule has 0 radical (unpaired) electrons. The number of para-hydroxylation sites is 1. The van der Waals surface area contributed by atoms with Crippen LogP contribution in [0.1, 0.15) is 23.3 Å². The van der Waals surface area contributed by atoms with E-state index in [0.29, 0.717) is 6.54 Å². The van der Waals surface area contributed by atoms with Gasteiger partial charge in [0.15, 0.2) is 6.17 Å². The lowest BCUT2D eigenvalue weighted by molar-refractivity contribution is 0.163. The molecule has 2 amide bonds. The summed E-state index contributed by atoms with van der Waals surface area (Å²) >= 11 is 0. The number of fused-ring (bicyclic) bond motifs is 1. The molecule has 1 aliphatic rings. The highest BCUT2D eigenvalue weighted by molar-refractivity contribution is 5.96. The number of nitrogens with zero attached hydrogens (tertiary/aromatic N) is 5. The van der Waals surface area contributed by atoms with Crippen molar-refractivity contribution in [2.45, 2.75) is 18.8 Å². The molecular weight excluding hydrogens is 478 g/mol. The molecule has 2 heterocycles. The third-order valence-electron chi connectivity index (χ3n) is 6.96. The Hall–Kier alpha value is -4.85. The summed E-state index contributed by atoms with van der Waals surface area (Å²) in [7, 11) is 3.27. The monoisotopic (exact) mass is 505 g/mol. The highest BCUT2D eigenvalue weighted by atomic mass is 16.5. The molecule has 6 rings (SSSR count). The topological polar surface area (TPSA) is 72.7 Å². The first-order valence-corrected chi connectivity index (χ1v) is 12.4. The van der Waals surface area contributed by atoms with Crippen molar-refractivity contribution in [2.24, 2.45) is 0 Å². The molecule has 1 fully saturated rings. The van der Waals surface area contributed by atoms with Gasteiger partial charge in [0.05, 0.1) is 19.7 Å². The Bertz CT molecular complexity index is 1550.